The quantitative estimate of drug-likeness (QED) is 0.508. The summed E-state index contributed by atoms with van der Waals surface area (Å²) in [6.07, 6.45) is 0. The molecule has 7 heteroatoms. The predicted octanol–water partition coefficient (Wildman–Crippen LogP) is 4.08. The van der Waals surface area contributed by atoms with E-state index in [1.54, 1.807) is 0 Å². The number of thioether (sulfide) groups is 1. The molecule has 0 saturated carbocycles. The second kappa shape index (κ2) is 7.23. The zero-order chi connectivity index (χ0) is 17.0. The van der Waals surface area contributed by atoms with E-state index >= 15 is 0 Å². The average molecular weight is 334 g/mol. The number of nitrogens with zero attached hydrogens (tertiary/aromatic N) is 1. The Labute approximate surface area is 137 Å². The first-order chi connectivity index (χ1) is 10.9. The van der Waals surface area contributed by atoms with Crippen LogP contribution in [0.1, 0.15) is 11.1 Å². The molecule has 0 unspecified atom stereocenters. The zero-order valence-electron chi connectivity index (χ0n) is 12.6. The minimum Gasteiger partial charge on any atom is -0.323 e. The Morgan fingerprint density at radius 1 is 1.26 bits per heavy atom. The van der Waals surface area contributed by atoms with Gasteiger partial charge in [0.25, 0.3) is 5.69 Å². The SMILES string of the molecule is Cc1ccc(C)c(SCC(=O)Nc2cc([N+](=O)[O-])ccc2F)c1. The van der Waals surface area contributed by atoms with Crippen LogP contribution < -0.4 is 5.32 Å². The molecule has 0 saturated heterocycles. The fourth-order valence-electron chi connectivity index (χ4n) is 1.92. The van der Waals surface area contributed by atoms with Gasteiger partial charge in [0.1, 0.15) is 5.82 Å². The van der Waals surface area contributed by atoms with Gasteiger partial charge in [0.15, 0.2) is 0 Å². The molecule has 1 N–H and O–H groups in total. The number of carbonyl (C=O) groups is 1. The maximum absolute atomic E-state index is 13.6. The molecular formula is C16H15FN2O3S. The molecule has 0 fully saturated rings. The van der Waals surface area contributed by atoms with Gasteiger partial charge in [-0.1, -0.05) is 17.7 Å². The third kappa shape index (κ3) is 4.53. The van der Waals surface area contributed by atoms with Crippen molar-refractivity contribution in [2.75, 3.05) is 11.1 Å². The highest BCUT2D eigenvalue weighted by atomic mass is 32.2. The first-order valence-electron chi connectivity index (χ1n) is 6.80. The van der Waals surface area contributed by atoms with E-state index < -0.39 is 16.6 Å². The molecule has 2 rings (SSSR count). The van der Waals surface area contributed by atoms with Crippen LogP contribution in [0.5, 0.6) is 0 Å². The van der Waals surface area contributed by atoms with Crippen molar-refractivity contribution in [1.82, 2.24) is 0 Å². The summed E-state index contributed by atoms with van der Waals surface area (Å²) in [5.74, 6) is -1.04. The molecule has 0 radical (unpaired) electrons. The Morgan fingerprint density at radius 2 is 2.00 bits per heavy atom. The van der Waals surface area contributed by atoms with Gasteiger partial charge in [-0.15, -0.1) is 11.8 Å². The third-order valence-electron chi connectivity index (χ3n) is 3.14. The monoisotopic (exact) mass is 334 g/mol. The molecule has 2 aromatic rings. The minimum absolute atomic E-state index is 0.0897. The number of amides is 1. The van der Waals surface area contributed by atoms with Crippen LogP contribution in [0.15, 0.2) is 41.3 Å². The van der Waals surface area contributed by atoms with Crippen molar-refractivity contribution in [2.24, 2.45) is 0 Å². The molecule has 120 valence electrons. The summed E-state index contributed by atoms with van der Waals surface area (Å²) in [6.45, 7) is 3.90. The van der Waals surface area contributed by atoms with Crippen LogP contribution in [-0.2, 0) is 4.79 Å². The van der Waals surface area contributed by atoms with E-state index in [1.165, 1.54) is 11.8 Å². The summed E-state index contributed by atoms with van der Waals surface area (Å²) >= 11 is 1.34. The van der Waals surface area contributed by atoms with Gasteiger partial charge in [0, 0.05) is 17.0 Å². The van der Waals surface area contributed by atoms with Gasteiger partial charge < -0.3 is 5.32 Å². The average Bonchev–Trinajstić information content (AvgIpc) is 2.50. The Morgan fingerprint density at radius 3 is 2.70 bits per heavy atom. The van der Waals surface area contributed by atoms with Gasteiger partial charge in [-0.2, -0.15) is 0 Å². The molecule has 0 atom stereocenters. The summed E-state index contributed by atoms with van der Waals surface area (Å²) in [5, 5.41) is 13.1. The normalized spacial score (nSPS) is 10.4. The van der Waals surface area contributed by atoms with E-state index in [1.807, 2.05) is 32.0 Å². The number of non-ortho nitro benzene ring substituents is 1. The van der Waals surface area contributed by atoms with E-state index in [4.69, 9.17) is 0 Å². The van der Waals surface area contributed by atoms with Crippen molar-refractivity contribution in [3.05, 3.63) is 63.5 Å². The van der Waals surface area contributed by atoms with E-state index in [0.717, 1.165) is 34.2 Å². The van der Waals surface area contributed by atoms with Crippen molar-refractivity contribution in [3.8, 4) is 0 Å². The largest absolute Gasteiger partial charge is 0.323 e. The van der Waals surface area contributed by atoms with Crippen molar-refractivity contribution < 1.29 is 14.1 Å². The number of hydrogen-bond donors (Lipinski definition) is 1. The molecule has 0 aromatic heterocycles. The zero-order valence-corrected chi connectivity index (χ0v) is 13.4. The number of rotatable bonds is 5. The van der Waals surface area contributed by atoms with Gasteiger partial charge in [-0.25, -0.2) is 4.39 Å². The smallest absolute Gasteiger partial charge is 0.271 e. The van der Waals surface area contributed by atoms with Crippen LogP contribution in [0.2, 0.25) is 0 Å². The number of halogens is 1. The van der Waals surface area contributed by atoms with Crippen molar-refractivity contribution in [2.45, 2.75) is 18.7 Å². The number of nitro benzene ring substituents is 1. The summed E-state index contributed by atoms with van der Waals surface area (Å²) in [4.78, 5) is 23.0. The number of anilines is 1. The van der Waals surface area contributed by atoms with Gasteiger partial charge in [0.2, 0.25) is 5.91 Å². The van der Waals surface area contributed by atoms with E-state index in [0.29, 0.717) is 0 Å². The van der Waals surface area contributed by atoms with Crippen LogP contribution in [0.25, 0.3) is 0 Å². The van der Waals surface area contributed by atoms with Crippen LogP contribution >= 0.6 is 11.8 Å². The molecular weight excluding hydrogens is 319 g/mol. The highest BCUT2D eigenvalue weighted by Gasteiger charge is 2.13. The molecule has 0 heterocycles. The highest BCUT2D eigenvalue weighted by Crippen LogP contribution is 2.25. The maximum atomic E-state index is 13.6. The maximum Gasteiger partial charge on any atom is 0.271 e. The number of benzene rings is 2. The summed E-state index contributed by atoms with van der Waals surface area (Å²) in [7, 11) is 0. The summed E-state index contributed by atoms with van der Waals surface area (Å²) < 4.78 is 13.6. The fraction of sp³-hybridized carbons (Fsp3) is 0.188. The molecule has 23 heavy (non-hydrogen) atoms. The van der Waals surface area contributed by atoms with Crippen molar-refractivity contribution in [1.29, 1.82) is 0 Å². The summed E-state index contributed by atoms with van der Waals surface area (Å²) in [5.41, 5.74) is 1.67. The Bertz CT molecular complexity index is 765. The van der Waals surface area contributed by atoms with Gasteiger partial charge >= 0.3 is 0 Å². The summed E-state index contributed by atoms with van der Waals surface area (Å²) in [6, 6.07) is 8.95. The molecule has 0 aliphatic rings. The van der Waals surface area contributed by atoms with E-state index in [9.17, 15) is 19.3 Å². The van der Waals surface area contributed by atoms with Crippen molar-refractivity contribution >= 4 is 29.0 Å². The third-order valence-corrected chi connectivity index (χ3v) is 4.29. The molecule has 0 aliphatic carbocycles. The molecule has 0 bridgehead atoms. The van der Waals surface area contributed by atoms with Crippen LogP contribution in [0.3, 0.4) is 0 Å². The highest BCUT2D eigenvalue weighted by molar-refractivity contribution is 8.00. The van der Waals surface area contributed by atoms with Crippen LogP contribution in [0, 0.1) is 29.8 Å². The van der Waals surface area contributed by atoms with E-state index in [-0.39, 0.29) is 17.1 Å². The van der Waals surface area contributed by atoms with Gasteiger partial charge in [-0.3, -0.25) is 14.9 Å². The number of aryl methyl sites for hydroxylation is 2. The molecule has 0 spiro atoms. The predicted molar refractivity (Wildman–Crippen MR) is 88.3 cm³/mol. The molecule has 2 aromatic carbocycles. The number of nitrogens with one attached hydrogen (secondary N) is 1. The van der Waals surface area contributed by atoms with Crippen molar-refractivity contribution in [3.63, 3.8) is 0 Å². The lowest BCUT2D eigenvalue weighted by Gasteiger charge is -2.08. The lowest BCUT2D eigenvalue weighted by molar-refractivity contribution is -0.384. The Hall–Kier alpha value is -2.41. The Balaban J connectivity index is 2.04. The number of carbonyl (C=O) groups excluding carboxylic acids is 1. The topological polar surface area (TPSA) is 72.2 Å². The first kappa shape index (κ1) is 17.0. The van der Waals surface area contributed by atoms with E-state index in [2.05, 4.69) is 5.32 Å². The standard InChI is InChI=1S/C16H15FN2O3S/c1-10-3-4-11(2)15(7-10)23-9-16(20)18-14-8-12(19(21)22)5-6-13(14)17/h3-8H,9H2,1-2H3,(H,18,20). The second-order valence-electron chi connectivity index (χ2n) is 5.03. The first-order valence-corrected chi connectivity index (χ1v) is 7.79. The van der Waals surface area contributed by atoms with Gasteiger partial charge in [-0.05, 0) is 31.5 Å². The van der Waals surface area contributed by atoms with Crippen LogP contribution in [0.4, 0.5) is 15.8 Å². The lowest BCUT2D eigenvalue weighted by Crippen LogP contribution is -2.15. The number of nitro groups is 1. The fourth-order valence-corrected chi connectivity index (χ4v) is 2.84. The lowest BCUT2D eigenvalue weighted by atomic mass is 10.2. The van der Waals surface area contributed by atoms with Gasteiger partial charge in [0.05, 0.1) is 16.4 Å². The second-order valence-corrected chi connectivity index (χ2v) is 6.04. The molecule has 1 amide bonds. The Kier molecular flexibility index (Phi) is 5.33. The molecule has 5 nitrogen and oxygen atoms in total. The van der Waals surface area contributed by atoms with Crippen LogP contribution in [-0.4, -0.2) is 16.6 Å². The number of hydrogen-bond acceptors (Lipinski definition) is 4. The minimum atomic E-state index is -0.708. The molecule has 0 aliphatic heterocycles.